The van der Waals surface area contributed by atoms with Crippen molar-refractivity contribution in [3.8, 4) is 5.75 Å². The Bertz CT molecular complexity index is 411. The predicted molar refractivity (Wildman–Crippen MR) is 67.6 cm³/mol. The van der Waals surface area contributed by atoms with E-state index in [1.807, 2.05) is 20.8 Å². The molecule has 5 nitrogen and oxygen atoms in total. The minimum absolute atomic E-state index is 0.121. The first-order valence-corrected chi connectivity index (χ1v) is 5.41. The highest BCUT2D eigenvalue weighted by Crippen LogP contribution is 2.19. The van der Waals surface area contributed by atoms with E-state index in [1.54, 1.807) is 12.1 Å². The van der Waals surface area contributed by atoms with Crippen molar-refractivity contribution >= 4 is 11.7 Å². The van der Waals surface area contributed by atoms with Gasteiger partial charge in [0, 0.05) is 23.3 Å². The van der Waals surface area contributed by atoms with Crippen LogP contribution in [0.4, 0.5) is 10.5 Å². The van der Waals surface area contributed by atoms with E-state index in [9.17, 15) is 9.90 Å². The smallest absolute Gasteiger partial charge is 0.315 e. The number of nitrogen functional groups attached to an aromatic ring is 1. The third-order valence-corrected chi connectivity index (χ3v) is 2.03. The zero-order valence-corrected chi connectivity index (χ0v) is 10.4. The number of benzene rings is 1. The van der Waals surface area contributed by atoms with E-state index in [4.69, 9.17) is 5.73 Å². The van der Waals surface area contributed by atoms with Gasteiger partial charge >= 0.3 is 6.03 Å². The second kappa shape index (κ2) is 4.95. The van der Waals surface area contributed by atoms with Crippen LogP contribution in [0.25, 0.3) is 0 Å². The Labute approximate surface area is 101 Å². The normalized spacial score (nSPS) is 11.0. The minimum atomic E-state index is -0.290. The second-order valence-electron chi connectivity index (χ2n) is 4.95. The van der Waals surface area contributed by atoms with Crippen molar-refractivity contribution in [3.05, 3.63) is 23.8 Å². The van der Waals surface area contributed by atoms with Crippen LogP contribution in [0, 0.1) is 0 Å². The summed E-state index contributed by atoms with van der Waals surface area (Å²) in [5.41, 5.74) is 6.45. The molecule has 0 atom stereocenters. The molecular weight excluding hydrogens is 218 g/mol. The second-order valence-corrected chi connectivity index (χ2v) is 4.95. The largest absolute Gasteiger partial charge is 0.508 e. The molecule has 0 radical (unpaired) electrons. The van der Waals surface area contributed by atoms with Gasteiger partial charge in [-0.05, 0) is 39.0 Å². The van der Waals surface area contributed by atoms with Crippen molar-refractivity contribution < 1.29 is 9.90 Å². The van der Waals surface area contributed by atoms with Crippen molar-refractivity contribution in [3.63, 3.8) is 0 Å². The predicted octanol–water partition coefficient (Wildman–Crippen LogP) is 1.57. The molecule has 0 saturated heterocycles. The SMILES string of the molecule is CC(C)(C)NC(=O)NCc1cc(N)ccc1O. The number of aromatic hydroxyl groups is 1. The van der Waals surface area contributed by atoms with Crippen LogP contribution in [0.15, 0.2) is 18.2 Å². The summed E-state index contributed by atoms with van der Waals surface area (Å²) < 4.78 is 0. The number of nitrogens with one attached hydrogen (secondary N) is 2. The van der Waals surface area contributed by atoms with Crippen LogP contribution in [-0.4, -0.2) is 16.7 Å². The molecule has 0 bridgehead atoms. The summed E-state index contributed by atoms with van der Waals surface area (Å²) >= 11 is 0. The van der Waals surface area contributed by atoms with Crippen LogP contribution in [0.3, 0.4) is 0 Å². The van der Waals surface area contributed by atoms with Gasteiger partial charge in [0.25, 0.3) is 0 Å². The molecule has 0 heterocycles. The van der Waals surface area contributed by atoms with Gasteiger partial charge in [0.05, 0.1) is 0 Å². The van der Waals surface area contributed by atoms with Gasteiger partial charge in [-0.15, -0.1) is 0 Å². The van der Waals surface area contributed by atoms with Crippen LogP contribution in [0.2, 0.25) is 0 Å². The van der Waals surface area contributed by atoms with E-state index in [0.717, 1.165) is 0 Å². The maximum atomic E-state index is 11.5. The molecule has 0 aliphatic carbocycles. The topological polar surface area (TPSA) is 87.4 Å². The molecule has 1 aromatic rings. The van der Waals surface area contributed by atoms with Crippen LogP contribution >= 0.6 is 0 Å². The standard InChI is InChI=1S/C12H19N3O2/c1-12(2,3)15-11(17)14-7-8-6-9(13)4-5-10(8)16/h4-6,16H,7,13H2,1-3H3,(H2,14,15,17). The number of nitrogens with two attached hydrogens (primary N) is 1. The molecule has 5 N–H and O–H groups in total. The van der Waals surface area contributed by atoms with Crippen molar-refractivity contribution in [1.29, 1.82) is 0 Å². The molecule has 0 aliphatic heterocycles. The summed E-state index contributed by atoms with van der Waals surface area (Å²) in [6.45, 7) is 5.92. The fraction of sp³-hybridized carbons (Fsp3) is 0.417. The number of carbonyl (C=O) groups excluding carboxylic acids is 1. The summed E-state index contributed by atoms with van der Waals surface area (Å²) in [6.07, 6.45) is 0. The van der Waals surface area contributed by atoms with Gasteiger partial charge in [-0.2, -0.15) is 0 Å². The summed E-state index contributed by atoms with van der Waals surface area (Å²) in [5, 5.41) is 15.0. The lowest BCUT2D eigenvalue weighted by Gasteiger charge is -2.20. The molecule has 1 aromatic carbocycles. The van der Waals surface area contributed by atoms with Crippen molar-refractivity contribution in [2.24, 2.45) is 0 Å². The lowest BCUT2D eigenvalue weighted by Crippen LogP contribution is -2.46. The highest BCUT2D eigenvalue weighted by molar-refractivity contribution is 5.74. The Balaban J connectivity index is 2.56. The van der Waals surface area contributed by atoms with Crippen LogP contribution in [-0.2, 0) is 6.54 Å². The summed E-state index contributed by atoms with van der Waals surface area (Å²) in [4.78, 5) is 11.5. The number of carbonyl (C=O) groups is 1. The fourth-order valence-electron chi connectivity index (χ4n) is 1.31. The fourth-order valence-corrected chi connectivity index (χ4v) is 1.31. The molecule has 2 amide bonds. The van der Waals surface area contributed by atoms with Gasteiger partial charge in [0.2, 0.25) is 0 Å². The molecule has 0 spiro atoms. The van der Waals surface area contributed by atoms with Gasteiger partial charge in [-0.25, -0.2) is 4.79 Å². The van der Waals surface area contributed by atoms with E-state index in [-0.39, 0.29) is 23.9 Å². The number of anilines is 1. The highest BCUT2D eigenvalue weighted by atomic mass is 16.3. The molecule has 17 heavy (non-hydrogen) atoms. The van der Waals surface area contributed by atoms with Gasteiger partial charge in [-0.1, -0.05) is 0 Å². The molecule has 5 heteroatoms. The quantitative estimate of drug-likeness (QED) is 0.465. The zero-order valence-electron chi connectivity index (χ0n) is 10.4. The van der Waals surface area contributed by atoms with E-state index in [0.29, 0.717) is 11.3 Å². The molecule has 0 aromatic heterocycles. The molecule has 0 unspecified atom stereocenters. The maximum absolute atomic E-state index is 11.5. The lowest BCUT2D eigenvalue weighted by molar-refractivity contribution is 0.231. The average Bonchev–Trinajstić information content (AvgIpc) is 2.17. The number of urea groups is 1. The Morgan fingerprint density at radius 3 is 2.65 bits per heavy atom. The molecule has 0 saturated carbocycles. The first kappa shape index (κ1) is 13.2. The van der Waals surface area contributed by atoms with Gasteiger partial charge in [0.1, 0.15) is 5.75 Å². The number of hydrogen-bond donors (Lipinski definition) is 4. The van der Waals surface area contributed by atoms with Gasteiger partial charge < -0.3 is 21.5 Å². The Kier molecular flexibility index (Phi) is 3.83. The zero-order chi connectivity index (χ0) is 13.1. The van der Waals surface area contributed by atoms with E-state index in [1.165, 1.54) is 6.07 Å². The minimum Gasteiger partial charge on any atom is -0.508 e. The first-order chi connectivity index (χ1) is 7.78. The Morgan fingerprint density at radius 1 is 1.41 bits per heavy atom. The van der Waals surface area contributed by atoms with Gasteiger partial charge in [0.15, 0.2) is 0 Å². The molecule has 0 fully saturated rings. The molecule has 94 valence electrons. The third kappa shape index (κ3) is 4.63. The monoisotopic (exact) mass is 237 g/mol. The number of phenols is 1. The maximum Gasteiger partial charge on any atom is 0.315 e. The Morgan fingerprint density at radius 2 is 2.06 bits per heavy atom. The summed E-state index contributed by atoms with van der Waals surface area (Å²) in [6, 6.07) is 4.47. The van der Waals surface area contributed by atoms with Crippen molar-refractivity contribution in [2.75, 3.05) is 5.73 Å². The number of rotatable bonds is 2. The Hall–Kier alpha value is -1.91. The van der Waals surface area contributed by atoms with Crippen LogP contribution in [0.1, 0.15) is 26.3 Å². The van der Waals surface area contributed by atoms with Crippen LogP contribution in [0.5, 0.6) is 5.75 Å². The molecular formula is C12H19N3O2. The van der Waals surface area contributed by atoms with Crippen molar-refractivity contribution in [1.82, 2.24) is 10.6 Å². The highest BCUT2D eigenvalue weighted by Gasteiger charge is 2.13. The number of hydrogen-bond acceptors (Lipinski definition) is 3. The molecule has 0 aliphatic rings. The number of amides is 2. The van der Waals surface area contributed by atoms with Crippen LogP contribution < -0.4 is 16.4 Å². The van der Waals surface area contributed by atoms with E-state index < -0.39 is 0 Å². The third-order valence-electron chi connectivity index (χ3n) is 2.03. The summed E-state index contributed by atoms with van der Waals surface area (Å²) in [7, 11) is 0. The van der Waals surface area contributed by atoms with Crippen molar-refractivity contribution in [2.45, 2.75) is 32.9 Å². The average molecular weight is 237 g/mol. The molecule has 1 rings (SSSR count). The van der Waals surface area contributed by atoms with E-state index >= 15 is 0 Å². The first-order valence-electron chi connectivity index (χ1n) is 5.41. The summed E-state index contributed by atoms with van der Waals surface area (Å²) in [5.74, 6) is 0.121. The number of phenolic OH excluding ortho intramolecular Hbond substituents is 1. The lowest BCUT2D eigenvalue weighted by atomic mass is 10.1. The van der Waals surface area contributed by atoms with Gasteiger partial charge in [-0.3, -0.25) is 0 Å². The van der Waals surface area contributed by atoms with E-state index in [2.05, 4.69) is 10.6 Å².